The second-order valence-electron chi connectivity index (χ2n) is 6.25. The molecule has 2 aromatic heterocycles. The van der Waals surface area contributed by atoms with Crippen LogP contribution >= 0.6 is 23.4 Å². The van der Waals surface area contributed by atoms with E-state index in [0.717, 1.165) is 27.7 Å². The van der Waals surface area contributed by atoms with Crippen molar-refractivity contribution in [2.24, 2.45) is 0 Å². The maximum absolute atomic E-state index is 11.1. The van der Waals surface area contributed by atoms with E-state index in [4.69, 9.17) is 21.0 Å². The van der Waals surface area contributed by atoms with Gasteiger partial charge in [0.2, 0.25) is 5.89 Å². The minimum Gasteiger partial charge on any atom is -0.411 e. The first-order valence-corrected chi connectivity index (χ1v) is 10.1. The van der Waals surface area contributed by atoms with Crippen molar-refractivity contribution in [3.05, 3.63) is 59.6 Å². The average molecular weight is 410 g/mol. The van der Waals surface area contributed by atoms with Gasteiger partial charge in [0.15, 0.2) is 0 Å². The van der Waals surface area contributed by atoms with Crippen molar-refractivity contribution in [2.45, 2.75) is 18.6 Å². The lowest BCUT2D eigenvalue weighted by Gasteiger charge is -2.07. The Hall–Kier alpha value is -2.70. The highest BCUT2D eigenvalue weighted by atomic mass is 35.5. The van der Waals surface area contributed by atoms with Gasteiger partial charge in [-0.05, 0) is 31.2 Å². The van der Waals surface area contributed by atoms with Crippen LogP contribution in [0.4, 0.5) is 0 Å². The van der Waals surface area contributed by atoms with E-state index in [1.807, 2.05) is 54.6 Å². The maximum Gasteiger partial charge on any atom is 0.276 e. The number of halogens is 1. The molecule has 0 unspecified atom stereocenters. The Morgan fingerprint density at radius 1 is 1.11 bits per heavy atom. The zero-order valence-electron chi connectivity index (χ0n) is 15.1. The van der Waals surface area contributed by atoms with Crippen LogP contribution in [0.1, 0.15) is 13.3 Å². The van der Waals surface area contributed by atoms with E-state index in [1.54, 1.807) is 6.92 Å². The van der Waals surface area contributed by atoms with Crippen LogP contribution in [0.25, 0.3) is 33.6 Å². The van der Waals surface area contributed by atoms with E-state index >= 15 is 0 Å². The van der Waals surface area contributed by atoms with Crippen molar-refractivity contribution in [3.8, 4) is 22.7 Å². The highest BCUT2D eigenvalue weighted by Gasteiger charge is 2.15. The van der Waals surface area contributed by atoms with Gasteiger partial charge < -0.3 is 4.42 Å². The molecule has 0 saturated heterocycles. The topological polar surface area (TPSA) is 68.9 Å². The van der Waals surface area contributed by atoms with Gasteiger partial charge >= 0.3 is 0 Å². The molecule has 0 radical (unpaired) electrons. The van der Waals surface area contributed by atoms with Crippen LogP contribution in [-0.2, 0) is 4.79 Å². The first-order chi connectivity index (χ1) is 13.6. The van der Waals surface area contributed by atoms with E-state index in [2.05, 4.69) is 10.2 Å². The van der Waals surface area contributed by atoms with E-state index < -0.39 is 0 Å². The maximum atomic E-state index is 11.1. The van der Waals surface area contributed by atoms with Gasteiger partial charge in [-0.2, -0.15) is 0 Å². The summed E-state index contributed by atoms with van der Waals surface area (Å²) in [5.74, 6) is 1.18. The van der Waals surface area contributed by atoms with Crippen molar-refractivity contribution < 1.29 is 9.21 Å². The van der Waals surface area contributed by atoms with Crippen LogP contribution in [0, 0.1) is 0 Å². The molecule has 0 aliphatic rings. The number of hydrogen-bond donors (Lipinski definition) is 0. The number of pyridine rings is 1. The number of fused-ring (bicyclic) bond motifs is 1. The summed E-state index contributed by atoms with van der Waals surface area (Å²) in [5, 5.41) is 10.4. The van der Waals surface area contributed by atoms with Gasteiger partial charge in [-0.25, -0.2) is 4.98 Å². The third kappa shape index (κ3) is 4.08. The number of rotatable bonds is 6. The first-order valence-electron chi connectivity index (χ1n) is 8.72. The minimum absolute atomic E-state index is 0.139. The Morgan fingerprint density at radius 3 is 2.68 bits per heavy atom. The molecule has 0 N–H and O–H groups in total. The molecule has 0 amide bonds. The number of aromatic nitrogens is 3. The summed E-state index contributed by atoms with van der Waals surface area (Å²) in [4.78, 5) is 15.9. The van der Waals surface area contributed by atoms with Gasteiger partial charge in [0.1, 0.15) is 5.78 Å². The molecule has 4 rings (SSSR count). The van der Waals surface area contributed by atoms with Crippen LogP contribution < -0.4 is 0 Å². The minimum atomic E-state index is 0.139. The van der Waals surface area contributed by atoms with Crippen molar-refractivity contribution in [1.82, 2.24) is 15.2 Å². The van der Waals surface area contributed by atoms with Crippen molar-refractivity contribution in [2.75, 3.05) is 5.75 Å². The Bertz CT molecular complexity index is 1140. The SMILES string of the molecule is CC(=O)CCSc1nnc(-c2cc(-c3ccc(Cl)cc3)nc3ccccc23)o1. The molecule has 0 aliphatic heterocycles. The molecule has 5 nitrogen and oxygen atoms in total. The lowest BCUT2D eigenvalue weighted by atomic mass is 10.0. The lowest BCUT2D eigenvalue weighted by molar-refractivity contribution is -0.116. The molecule has 4 aromatic rings. The molecule has 140 valence electrons. The van der Waals surface area contributed by atoms with Crippen LogP contribution in [-0.4, -0.2) is 26.7 Å². The van der Waals surface area contributed by atoms with Crippen molar-refractivity contribution in [3.63, 3.8) is 0 Å². The van der Waals surface area contributed by atoms with E-state index in [1.165, 1.54) is 11.8 Å². The monoisotopic (exact) mass is 409 g/mol. The van der Waals surface area contributed by atoms with Gasteiger partial charge in [-0.15, -0.1) is 10.2 Å². The van der Waals surface area contributed by atoms with Gasteiger partial charge in [-0.1, -0.05) is 53.7 Å². The zero-order chi connectivity index (χ0) is 19.5. The van der Waals surface area contributed by atoms with Crippen LogP contribution in [0.15, 0.2) is 64.2 Å². The molecule has 7 heteroatoms. The van der Waals surface area contributed by atoms with Gasteiger partial charge in [0.05, 0.1) is 16.8 Å². The van der Waals surface area contributed by atoms with Crippen molar-refractivity contribution >= 4 is 40.0 Å². The number of carbonyl (C=O) groups is 1. The number of carbonyl (C=O) groups excluding carboxylic acids is 1. The summed E-state index contributed by atoms with van der Waals surface area (Å²) in [6.07, 6.45) is 0.473. The van der Waals surface area contributed by atoms with E-state index in [-0.39, 0.29) is 5.78 Å². The number of thioether (sulfide) groups is 1. The molecule has 0 saturated carbocycles. The fourth-order valence-electron chi connectivity index (χ4n) is 2.78. The summed E-state index contributed by atoms with van der Waals surface area (Å²) < 4.78 is 5.85. The van der Waals surface area contributed by atoms with E-state index in [0.29, 0.717) is 28.3 Å². The number of ketones is 1. The quantitative estimate of drug-likeness (QED) is 0.382. The lowest BCUT2D eigenvalue weighted by Crippen LogP contribution is -1.91. The molecule has 0 spiro atoms. The summed E-state index contributed by atoms with van der Waals surface area (Å²) >= 11 is 7.39. The highest BCUT2D eigenvalue weighted by molar-refractivity contribution is 7.99. The third-order valence-corrected chi connectivity index (χ3v) is 5.24. The molecule has 2 aromatic carbocycles. The smallest absolute Gasteiger partial charge is 0.276 e. The second-order valence-corrected chi connectivity index (χ2v) is 7.74. The molecule has 0 fully saturated rings. The summed E-state index contributed by atoms with van der Waals surface area (Å²) in [7, 11) is 0. The van der Waals surface area contributed by atoms with Gasteiger partial charge in [0, 0.05) is 28.1 Å². The summed E-state index contributed by atoms with van der Waals surface area (Å²) in [6.45, 7) is 1.57. The average Bonchev–Trinajstić information content (AvgIpc) is 3.16. The fraction of sp³-hybridized carbons (Fsp3) is 0.143. The Balaban J connectivity index is 1.74. The van der Waals surface area contributed by atoms with Crippen LogP contribution in [0.2, 0.25) is 5.02 Å². The number of hydrogen-bond acceptors (Lipinski definition) is 6. The molecule has 2 heterocycles. The molecule has 0 bridgehead atoms. The molecule has 0 aliphatic carbocycles. The largest absolute Gasteiger partial charge is 0.411 e. The fourth-order valence-corrected chi connectivity index (χ4v) is 3.71. The Labute approximate surface area is 171 Å². The second kappa shape index (κ2) is 8.12. The molecular weight excluding hydrogens is 394 g/mol. The highest BCUT2D eigenvalue weighted by Crippen LogP contribution is 2.33. The number of Topliss-reactive ketones (excluding diaryl/α,β-unsaturated/α-hetero) is 1. The third-order valence-electron chi connectivity index (χ3n) is 4.17. The van der Waals surface area contributed by atoms with Crippen molar-refractivity contribution in [1.29, 1.82) is 0 Å². The summed E-state index contributed by atoms with van der Waals surface area (Å²) in [6, 6.07) is 17.3. The zero-order valence-corrected chi connectivity index (χ0v) is 16.6. The number of nitrogens with zero attached hydrogens (tertiary/aromatic N) is 3. The number of benzene rings is 2. The van der Waals surface area contributed by atoms with Crippen LogP contribution in [0.3, 0.4) is 0 Å². The molecular formula is C21H16ClN3O2S. The van der Waals surface area contributed by atoms with Gasteiger partial charge in [0.25, 0.3) is 5.22 Å². The first kappa shape index (κ1) is 18.7. The standard InChI is InChI=1S/C21H16ClN3O2S/c1-13(26)10-11-28-21-25-24-20(27-21)17-12-19(14-6-8-15(22)9-7-14)23-18-5-3-2-4-16(17)18/h2-9,12H,10-11H2,1H3. The van der Waals surface area contributed by atoms with E-state index in [9.17, 15) is 4.79 Å². The van der Waals surface area contributed by atoms with Crippen LogP contribution in [0.5, 0.6) is 0 Å². The predicted octanol–water partition coefficient (Wildman–Crippen LogP) is 5.68. The van der Waals surface area contributed by atoms with Gasteiger partial charge in [-0.3, -0.25) is 4.79 Å². The summed E-state index contributed by atoms with van der Waals surface area (Å²) in [5.41, 5.74) is 3.41. The Morgan fingerprint density at radius 2 is 1.89 bits per heavy atom. The Kier molecular flexibility index (Phi) is 5.41. The predicted molar refractivity (Wildman–Crippen MR) is 112 cm³/mol. The molecule has 28 heavy (non-hydrogen) atoms. The number of para-hydroxylation sites is 1. The normalized spacial score (nSPS) is 11.1. The molecule has 0 atom stereocenters.